The number of carboxylic acids is 1. The first-order valence-electron chi connectivity index (χ1n) is 14.9. The van der Waals surface area contributed by atoms with Crippen LogP contribution in [0.3, 0.4) is 0 Å². The topological polar surface area (TPSA) is 177 Å². The van der Waals surface area contributed by atoms with Crippen molar-refractivity contribution in [2.45, 2.75) is 71.6 Å². The maximum Gasteiger partial charge on any atom is 0.407 e. The van der Waals surface area contributed by atoms with Crippen LogP contribution in [0.4, 0.5) is 4.79 Å². The molecule has 0 aliphatic carbocycles. The summed E-state index contributed by atoms with van der Waals surface area (Å²) < 4.78 is 37.3. The average molecular weight is 643 g/mol. The number of benzene rings is 1. The summed E-state index contributed by atoms with van der Waals surface area (Å²) in [4.78, 5) is 47.2. The SMILES string of the molecule is CC(C)(C)OC(=O)COc1ccc(CC(NC(=O)CCOCCOCCOCCOCCNC(=O)OC(C)(C)C)C(=O)O)cc1. The molecule has 0 aromatic heterocycles. The molecule has 0 aliphatic rings. The van der Waals surface area contributed by atoms with Crippen molar-refractivity contribution in [2.75, 3.05) is 66.0 Å². The van der Waals surface area contributed by atoms with Gasteiger partial charge in [0.1, 0.15) is 23.0 Å². The van der Waals surface area contributed by atoms with Crippen molar-refractivity contribution < 1.29 is 57.4 Å². The Morgan fingerprint density at radius 1 is 0.733 bits per heavy atom. The molecule has 1 atom stereocenters. The minimum atomic E-state index is -1.16. The number of aliphatic carboxylic acids is 1. The number of carboxylic acid groups (broad SMARTS) is 1. The van der Waals surface area contributed by atoms with Gasteiger partial charge in [-0.3, -0.25) is 4.79 Å². The number of hydrogen-bond donors (Lipinski definition) is 3. The maximum atomic E-state index is 12.2. The van der Waals surface area contributed by atoms with Crippen LogP contribution in [0.15, 0.2) is 24.3 Å². The molecule has 0 radical (unpaired) electrons. The van der Waals surface area contributed by atoms with E-state index >= 15 is 0 Å². The second kappa shape index (κ2) is 21.3. The van der Waals surface area contributed by atoms with Crippen LogP contribution in [-0.4, -0.2) is 112 Å². The van der Waals surface area contributed by atoms with E-state index in [-0.39, 0.29) is 32.7 Å². The van der Waals surface area contributed by atoms with Crippen molar-refractivity contribution in [1.82, 2.24) is 10.6 Å². The van der Waals surface area contributed by atoms with Gasteiger partial charge in [-0.25, -0.2) is 14.4 Å². The molecule has 0 saturated heterocycles. The van der Waals surface area contributed by atoms with Crippen molar-refractivity contribution in [2.24, 2.45) is 0 Å². The highest BCUT2D eigenvalue weighted by atomic mass is 16.6. The number of nitrogens with one attached hydrogen (secondary N) is 2. The lowest BCUT2D eigenvalue weighted by Gasteiger charge is -2.19. The van der Waals surface area contributed by atoms with E-state index in [1.807, 2.05) is 0 Å². The highest BCUT2D eigenvalue weighted by Gasteiger charge is 2.21. The molecule has 2 amide bonds. The number of amides is 2. The van der Waals surface area contributed by atoms with Gasteiger partial charge in [-0.2, -0.15) is 0 Å². The summed E-state index contributed by atoms with van der Waals surface area (Å²) in [5, 5.41) is 14.7. The normalized spacial score (nSPS) is 12.2. The van der Waals surface area contributed by atoms with E-state index in [1.165, 1.54) is 0 Å². The average Bonchev–Trinajstić information content (AvgIpc) is 2.92. The zero-order valence-electron chi connectivity index (χ0n) is 27.3. The van der Waals surface area contributed by atoms with Crippen LogP contribution in [0.2, 0.25) is 0 Å². The van der Waals surface area contributed by atoms with Gasteiger partial charge in [-0.15, -0.1) is 0 Å². The number of ether oxygens (including phenoxy) is 7. The Morgan fingerprint density at radius 2 is 1.24 bits per heavy atom. The summed E-state index contributed by atoms with van der Waals surface area (Å²) in [7, 11) is 0. The van der Waals surface area contributed by atoms with Crippen LogP contribution in [0, 0.1) is 0 Å². The molecule has 3 N–H and O–H groups in total. The van der Waals surface area contributed by atoms with Crippen molar-refractivity contribution in [1.29, 1.82) is 0 Å². The van der Waals surface area contributed by atoms with Crippen LogP contribution in [0.5, 0.6) is 5.75 Å². The summed E-state index contributed by atoms with van der Waals surface area (Å²) in [5.41, 5.74) is -0.480. The summed E-state index contributed by atoms with van der Waals surface area (Å²) in [5.74, 6) is -1.67. The van der Waals surface area contributed by atoms with Gasteiger partial charge in [-0.05, 0) is 59.2 Å². The summed E-state index contributed by atoms with van der Waals surface area (Å²) in [6.07, 6.45) is -0.418. The van der Waals surface area contributed by atoms with Crippen LogP contribution in [0.25, 0.3) is 0 Å². The second-order valence-corrected chi connectivity index (χ2v) is 11.8. The van der Waals surface area contributed by atoms with Crippen LogP contribution in [-0.2, 0) is 49.2 Å². The second-order valence-electron chi connectivity index (χ2n) is 11.8. The first-order chi connectivity index (χ1) is 21.1. The highest BCUT2D eigenvalue weighted by Crippen LogP contribution is 2.15. The number of hydrogen-bond acceptors (Lipinski definition) is 11. The molecule has 0 aliphatic heterocycles. The molecule has 0 heterocycles. The Bertz CT molecular complexity index is 1020. The molecule has 0 saturated carbocycles. The number of carbonyl (C=O) groups is 4. The fraction of sp³-hybridized carbons (Fsp3) is 0.677. The van der Waals surface area contributed by atoms with E-state index in [2.05, 4.69) is 10.6 Å². The third-order valence-electron chi connectivity index (χ3n) is 5.28. The van der Waals surface area contributed by atoms with Crippen molar-refractivity contribution in [3.8, 4) is 5.75 Å². The van der Waals surface area contributed by atoms with Gasteiger partial charge in [0.15, 0.2) is 6.61 Å². The van der Waals surface area contributed by atoms with Gasteiger partial charge in [0.2, 0.25) is 5.91 Å². The minimum Gasteiger partial charge on any atom is -0.482 e. The molecule has 0 spiro atoms. The van der Waals surface area contributed by atoms with E-state index in [1.54, 1.807) is 65.8 Å². The third-order valence-corrected chi connectivity index (χ3v) is 5.28. The lowest BCUT2D eigenvalue weighted by Crippen LogP contribution is -2.42. The van der Waals surface area contributed by atoms with Gasteiger partial charge < -0.3 is 48.9 Å². The zero-order valence-corrected chi connectivity index (χ0v) is 27.3. The van der Waals surface area contributed by atoms with Crippen LogP contribution >= 0.6 is 0 Å². The standard InChI is InChI=1S/C31H50N2O12/c1-30(2,3)44-27(35)22-43-24-9-7-23(8-10-24)21-25(28(36)37)33-26(34)11-13-39-15-17-41-19-20-42-18-16-40-14-12-32-29(38)45-31(4,5)6/h7-10,25H,11-22H2,1-6H3,(H,32,38)(H,33,34)(H,36,37). The lowest BCUT2D eigenvalue weighted by atomic mass is 10.1. The van der Waals surface area contributed by atoms with Gasteiger partial charge >= 0.3 is 18.0 Å². The predicted octanol–water partition coefficient (Wildman–Crippen LogP) is 2.50. The number of rotatable bonds is 22. The number of esters is 1. The Balaban J connectivity index is 2.09. The number of alkyl carbamates (subject to hydrolysis) is 1. The minimum absolute atomic E-state index is 0.00235. The summed E-state index contributed by atoms with van der Waals surface area (Å²) >= 11 is 0. The van der Waals surface area contributed by atoms with Gasteiger partial charge in [-0.1, -0.05) is 12.1 Å². The van der Waals surface area contributed by atoms with E-state index in [4.69, 9.17) is 33.2 Å². The molecule has 1 aromatic carbocycles. The largest absolute Gasteiger partial charge is 0.482 e. The molecule has 256 valence electrons. The van der Waals surface area contributed by atoms with E-state index in [0.29, 0.717) is 57.5 Å². The summed E-state index contributed by atoms with van der Waals surface area (Å²) in [6, 6.07) is 5.46. The number of carbonyl (C=O) groups excluding carboxylic acids is 3. The molecule has 0 fully saturated rings. The van der Waals surface area contributed by atoms with Crippen LogP contribution in [0.1, 0.15) is 53.5 Å². The molecule has 45 heavy (non-hydrogen) atoms. The van der Waals surface area contributed by atoms with Crippen LogP contribution < -0.4 is 15.4 Å². The van der Waals surface area contributed by atoms with Gasteiger partial charge in [0.05, 0.1) is 52.9 Å². The summed E-state index contributed by atoms with van der Waals surface area (Å²) in [6.45, 7) is 13.3. The third kappa shape index (κ3) is 22.7. The van der Waals surface area contributed by atoms with Gasteiger partial charge in [0.25, 0.3) is 0 Å². The first kappa shape index (κ1) is 39.6. The molecular weight excluding hydrogens is 592 g/mol. The van der Waals surface area contributed by atoms with Crippen molar-refractivity contribution >= 4 is 23.9 Å². The Hall–Kier alpha value is -3.46. The smallest absolute Gasteiger partial charge is 0.407 e. The molecule has 1 aromatic rings. The van der Waals surface area contributed by atoms with E-state index < -0.39 is 41.2 Å². The lowest BCUT2D eigenvalue weighted by molar-refractivity contribution is -0.157. The molecule has 14 nitrogen and oxygen atoms in total. The molecular formula is C31H50N2O12. The highest BCUT2D eigenvalue weighted by molar-refractivity contribution is 5.83. The fourth-order valence-corrected chi connectivity index (χ4v) is 3.40. The van der Waals surface area contributed by atoms with E-state index in [9.17, 15) is 24.3 Å². The quantitative estimate of drug-likeness (QED) is 0.125. The Labute approximate surface area is 265 Å². The van der Waals surface area contributed by atoms with Gasteiger partial charge in [0, 0.05) is 19.4 Å². The molecule has 14 heteroatoms. The van der Waals surface area contributed by atoms with E-state index in [0.717, 1.165) is 0 Å². The maximum absolute atomic E-state index is 12.2. The van der Waals surface area contributed by atoms with Crippen molar-refractivity contribution in [3.05, 3.63) is 29.8 Å². The Kier molecular flexibility index (Phi) is 18.7. The predicted molar refractivity (Wildman–Crippen MR) is 163 cm³/mol. The zero-order chi connectivity index (χ0) is 33.7. The Morgan fingerprint density at radius 3 is 1.76 bits per heavy atom. The monoisotopic (exact) mass is 642 g/mol. The molecule has 1 unspecified atom stereocenters. The molecule has 0 bridgehead atoms. The fourth-order valence-electron chi connectivity index (χ4n) is 3.40. The van der Waals surface area contributed by atoms with Crippen molar-refractivity contribution in [3.63, 3.8) is 0 Å². The molecule has 1 rings (SSSR count). The first-order valence-corrected chi connectivity index (χ1v) is 14.9.